The normalized spacial score (nSPS) is 11.6. The Kier molecular flexibility index (Phi) is 4.53. The average Bonchev–Trinajstić information content (AvgIpc) is 2.28. The highest BCUT2D eigenvalue weighted by Crippen LogP contribution is 2.26. The molecule has 0 radical (unpaired) electrons. The minimum absolute atomic E-state index is 0.192. The maximum Gasteiger partial charge on any atom is 0.147 e. The molecule has 3 N–H and O–H groups in total. The second-order valence-electron chi connectivity index (χ2n) is 4.08. The molecular weight excluding hydrogens is 233 g/mol. The molecule has 16 heavy (non-hydrogen) atoms. The van der Waals surface area contributed by atoms with Crippen molar-refractivity contribution in [1.82, 2.24) is 0 Å². The molecule has 90 valence electrons. The van der Waals surface area contributed by atoms with E-state index in [0.29, 0.717) is 0 Å². The quantitative estimate of drug-likeness (QED) is 0.745. The Balaban J connectivity index is 2.75. The first kappa shape index (κ1) is 13.2. The van der Waals surface area contributed by atoms with Crippen molar-refractivity contribution >= 4 is 17.3 Å². The highest BCUT2D eigenvalue weighted by atomic mass is 35.5. The highest BCUT2D eigenvalue weighted by molar-refractivity contribution is 6.33. The predicted octanol–water partition coefficient (Wildman–Crippen LogP) is 1.88. The molecule has 3 nitrogen and oxygen atoms in total. The third-order valence-corrected chi connectivity index (χ3v) is 2.73. The number of aliphatic hydroxyl groups is 2. The third-order valence-electron chi connectivity index (χ3n) is 2.42. The van der Waals surface area contributed by atoms with Gasteiger partial charge in [-0.05, 0) is 12.1 Å². The van der Waals surface area contributed by atoms with Crippen molar-refractivity contribution < 1.29 is 14.6 Å². The standard InChI is InChI=1S/C11H15ClFNO2/c1-11(6-15,7-16)5-14-10-8(12)3-2-4-9(10)13/h2-4,14-16H,5-7H2,1H3. The lowest BCUT2D eigenvalue weighted by Crippen LogP contribution is -2.34. The van der Waals surface area contributed by atoms with Crippen LogP contribution >= 0.6 is 11.6 Å². The van der Waals surface area contributed by atoms with Crippen molar-refractivity contribution in [2.45, 2.75) is 6.92 Å². The molecule has 0 saturated carbocycles. The van der Waals surface area contributed by atoms with Crippen LogP contribution in [0.5, 0.6) is 0 Å². The molecule has 0 spiro atoms. The van der Waals surface area contributed by atoms with E-state index in [1.165, 1.54) is 12.1 Å². The lowest BCUT2D eigenvalue weighted by molar-refractivity contribution is 0.0806. The number of anilines is 1. The summed E-state index contributed by atoms with van der Waals surface area (Å²) in [5.41, 5.74) is -0.511. The molecule has 0 aliphatic carbocycles. The Labute approximate surface area is 98.9 Å². The Morgan fingerprint density at radius 3 is 2.50 bits per heavy atom. The van der Waals surface area contributed by atoms with E-state index in [1.807, 2.05) is 0 Å². The van der Waals surface area contributed by atoms with Crippen LogP contribution in [0.25, 0.3) is 0 Å². The first-order valence-electron chi connectivity index (χ1n) is 4.92. The number of rotatable bonds is 5. The maximum absolute atomic E-state index is 13.4. The number of halogens is 2. The summed E-state index contributed by atoms with van der Waals surface area (Å²) in [6, 6.07) is 4.38. The summed E-state index contributed by atoms with van der Waals surface area (Å²) in [6.45, 7) is 1.54. The summed E-state index contributed by atoms with van der Waals surface area (Å²) in [4.78, 5) is 0. The SMILES string of the molecule is CC(CO)(CO)CNc1c(F)cccc1Cl. The molecule has 0 atom stereocenters. The van der Waals surface area contributed by atoms with Gasteiger partial charge < -0.3 is 15.5 Å². The highest BCUT2D eigenvalue weighted by Gasteiger charge is 2.23. The topological polar surface area (TPSA) is 52.5 Å². The van der Waals surface area contributed by atoms with Crippen molar-refractivity contribution in [2.75, 3.05) is 25.1 Å². The summed E-state index contributed by atoms with van der Waals surface area (Å²) in [7, 11) is 0. The number of para-hydroxylation sites is 1. The molecule has 0 aromatic heterocycles. The zero-order valence-electron chi connectivity index (χ0n) is 9.00. The molecule has 0 amide bonds. The second kappa shape index (κ2) is 5.48. The lowest BCUT2D eigenvalue weighted by atomic mass is 9.93. The molecule has 0 saturated heterocycles. The van der Waals surface area contributed by atoms with Gasteiger partial charge in [-0.15, -0.1) is 0 Å². The van der Waals surface area contributed by atoms with Gasteiger partial charge in [0.1, 0.15) is 5.82 Å². The number of hydrogen-bond acceptors (Lipinski definition) is 3. The van der Waals surface area contributed by atoms with E-state index < -0.39 is 11.2 Å². The fourth-order valence-electron chi connectivity index (χ4n) is 1.13. The summed E-state index contributed by atoms with van der Waals surface area (Å²) in [5, 5.41) is 21.2. The fraction of sp³-hybridized carbons (Fsp3) is 0.455. The van der Waals surface area contributed by atoms with Gasteiger partial charge in [0.25, 0.3) is 0 Å². The zero-order valence-corrected chi connectivity index (χ0v) is 9.76. The third kappa shape index (κ3) is 3.07. The second-order valence-corrected chi connectivity index (χ2v) is 4.48. The molecule has 0 bridgehead atoms. The van der Waals surface area contributed by atoms with Crippen molar-refractivity contribution in [3.05, 3.63) is 29.0 Å². The first-order valence-corrected chi connectivity index (χ1v) is 5.30. The zero-order chi connectivity index (χ0) is 12.2. The largest absolute Gasteiger partial charge is 0.396 e. The van der Waals surface area contributed by atoms with Gasteiger partial charge in [-0.1, -0.05) is 24.6 Å². The summed E-state index contributed by atoms with van der Waals surface area (Å²) in [5.74, 6) is -0.453. The van der Waals surface area contributed by atoms with Crippen molar-refractivity contribution in [3.8, 4) is 0 Å². The van der Waals surface area contributed by atoms with Crippen LogP contribution in [0.15, 0.2) is 18.2 Å². The predicted molar refractivity (Wildman–Crippen MR) is 62.2 cm³/mol. The minimum atomic E-state index is -0.703. The van der Waals surface area contributed by atoms with Crippen LogP contribution in [0.4, 0.5) is 10.1 Å². The summed E-state index contributed by atoms with van der Waals surface area (Å²) >= 11 is 5.82. The van der Waals surface area contributed by atoms with Gasteiger partial charge >= 0.3 is 0 Å². The van der Waals surface area contributed by atoms with Gasteiger partial charge in [-0.25, -0.2) is 4.39 Å². The smallest absolute Gasteiger partial charge is 0.147 e. The van der Waals surface area contributed by atoms with E-state index in [0.717, 1.165) is 0 Å². The van der Waals surface area contributed by atoms with E-state index >= 15 is 0 Å². The fourth-order valence-corrected chi connectivity index (χ4v) is 1.36. The van der Waals surface area contributed by atoms with Crippen LogP contribution in [-0.4, -0.2) is 30.0 Å². The van der Waals surface area contributed by atoms with Crippen LogP contribution in [0.1, 0.15) is 6.92 Å². The molecule has 5 heteroatoms. The van der Waals surface area contributed by atoms with E-state index in [9.17, 15) is 4.39 Å². The maximum atomic E-state index is 13.4. The van der Waals surface area contributed by atoms with Crippen molar-refractivity contribution in [1.29, 1.82) is 0 Å². The van der Waals surface area contributed by atoms with Gasteiger partial charge in [0.05, 0.1) is 23.9 Å². The summed E-state index contributed by atoms with van der Waals surface area (Å²) < 4.78 is 13.4. The summed E-state index contributed by atoms with van der Waals surface area (Å²) in [6.07, 6.45) is 0. The Bertz CT molecular complexity index is 336. The first-order chi connectivity index (χ1) is 7.52. The molecule has 0 heterocycles. The number of benzene rings is 1. The molecule has 1 aromatic rings. The molecule has 0 fully saturated rings. The van der Waals surface area contributed by atoms with Gasteiger partial charge in [0.2, 0.25) is 0 Å². The van der Waals surface area contributed by atoms with Gasteiger partial charge in [0, 0.05) is 12.0 Å². The average molecular weight is 248 g/mol. The van der Waals surface area contributed by atoms with E-state index in [-0.39, 0.29) is 30.5 Å². The van der Waals surface area contributed by atoms with Gasteiger partial charge in [0.15, 0.2) is 0 Å². The molecule has 1 aromatic carbocycles. The van der Waals surface area contributed by atoms with Crippen LogP contribution in [-0.2, 0) is 0 Å². The van der Waals surface area contributed by atoms with Gasteiger partial charge in [-0.2, -0.15) is 0 Å². The van der Waals surface area contributed by atoms with Crippen LogP contribution in [0, 0.1) is 11.2 Å². The lowest BCUT2D eigenvalue weighted by Gasteiger charge is -2.25. The minimum Gasteiger partial charge on any atom is -0.396 e. The number of hydrogen-bond donors (Lipinski definition) is 3. The van der Waals surface area contributed by atoms with Crippen molar-refractivity contribution in [2.24, 2.45) is 5.41 Å². The van der Waals surface area contributed by atoms with E-state index in [1.54, 1.807) is 13.0 Å². The molecule has 0 aliphatic rings. The Morgan fingerprint density at radius 2 is 2.00 bits per heavy atom. The Morgan fingerprint density at radius 1 is 1.38 bits per heavy atom. The Hall–Kier alpha value is -0.840. The van der Waals surface area contributed by atoms with E-state index in [4.69, 9.17) is 21.8 Å². The van der Waals surface area contributed by atoms with Crippen LogP contribution in [0.2, 0.25) is 5.02 Å². The molecule has 0 aliphatic heterocycles. The monoisotopic (exact) mass is 247 g/mol. The molecule has 0 unspecified atom stereocenters. The molecule has 1 rings (SSSR count). The van der Waals surface area contributed by atoms with Crippen LogP contribution in [0.3, 0.4) is 0 Å². The number of aliphatic hydroxyl groups excluding tert-OH is 2. The van der Waals surface area contributed by atoms with E-state index in [2.05, 4.69) is 5.32 Å². The number of nitrogens with one attached hydrogen (secondary N) is 1. The van der Waals surface area contributed by atoms with Crippen LogP contribution < -0.4 is 5.32 Å². The molecular formula is C11H15ClFNO2. The van der Waals surface area contributed by atoms with Crippen molar-refractivity contribution in [3.63, 3.8) is 0 Å². The van der Waals surface area contributed by atoms with Gasteiger partial charge in [-0.3, -0.25) is 0 Å².